The quantitative estimate of drug-likeness (QED) is 0.713. The van der Waals surface area contributed by atoms with Crippen LogP contribution in [0.1, 0.15) is 13.3 Å². The lowest BCUT2D eigenvalue weighted by atomic mass is 10.3. The molecule has 1 rings (SSSR count). The van der Waals surface area contributed by atoms with Gasteiger partial charge in [0.25, 0.3) is 0 Å². The molecule has 0 saturated carbocycles. The van der Waals surface area contributed by atoms with E-state index in [1.54, 1.807) is 6.92 Å². The van der Waals surface area contributed by atoms with Crippen molar-refractivity contribution < 1.29 is 13.9 Å². The molecule has 1 aromatic rings. The molecule has 70 valence electrons. The average Bonchev–Trinajstić information content (AvgIpc) is 2.16. The molecule has 0 fully saturated rings. The number of hydrogen-bond donors (Lipinski definition) is 0. The Hall–Kier alpha value is -1.38. The fourth-order valence-electron chi connectivity index (χ4n) is 0.797. The first kappa shape index (κ1) is 9.71. The van der Waals surface area contributed by atoms with Crippen molar-refractivity contribution in [3.8, 4) is 5.75 Å². The molecule has 0 aliphatic heterocycles. The molecule has 0 N–H and O–H groups in total. The van der Waals surface area contributed by atoms with Crippen LogP contribution in [0.5, 0.6) is 5.75 Å². The van der Waals surface area contributed by atoms with Crippen molar-refractivity contribution in [2.75, 3.05) is 6.61 Å². The normalized spacial score (nSPS) is 9.69. The number of carbonyl (C=O) groups excluding carboxylic acids is 1. The molecule has 3 heteroatoms. The molecule has 1 aromatic carbocycles. The number of Topliss-reactive ketones (excluding diaryl/α,β-unsaturated/α-hetero) is 1. The number of ketones is 1. The summed E-state index contributed by atoms with van der Waals surface area (Å²) >= 11 is 0. The zero-order chi connectivity index (χ0) is 9.68. The van der Waals surface area contributed by atoms with Crippen LogP contribution in [0.25, 0.3) is 0 Å². The van der Waals surface area contributed by atoms with Crippen LogP contribution in [0.15, 0.2) is 24.3 Å². The molecular weight excluding hydrogens is 171 g/mol. The number of halogens is 1. The fraction of sp³-hybridized carbons (Fsp3) is 0.300. The Morgan fingerprint density at radius 3 is 2.54 bits per heavy atom. The molecule has 0 aliphatic carbocycles. The van der Waals surface area contributed by atoms with Crippen LogP contribution in [0, 0.1) is 5.82 Å². The van der Waals surface area contributed by atoms with Crippen molar-refractivity contribution in [1.29, 1.82) is 0 Å². The van der Waals surface area contributed by atoms with E-state index < -0.39 is 0 Å². The highest BCUT2D eigenvalue weighted by Gasteiger charge is 1.99. The Balaban J connectivity index is 2.46. The third-order valence-corrected chi connectivity index (χ3v) is 1.61. The second-order valence-corrected chi connectivity index (χ2v) is 2.63. The van der Waals surface area contributed by atoms with Crippen LogP contribution < -0.4 is 4.74 Å². The summed E-state index contributed by atoms with van der Waals surface area (Å²) in [5.41, 5.74) is 0. The first-order valence-corrected chi connectivity index (χ1v) is 4.12. The van der Waals surface area contributed by atoms with E-state index in [9.17, 15) is 9.18 Å². The molecule has 0 amide bonds. The van der Waals surface area contributed by atoms with E-state index in [4.69, 9.17) is 4.74 Å². The van der Waals surface area contributed by atoms with Gasteiger partial charge in [0.15, 0.2) is 5.78 Å². The minimum atomic E-state index is -0.311. The van der Waals surface area contributed by atoms with Gasteiger partial charge in [0.1, 0.15) is 18.2 Å². The van der Waals surface area contributed by atoms with Gasteiger partial charge in [0, 0.05) is 6.42 Å². The number of carbonyl (C=O) groups is 1. The number of ether oxygens (including phenoxy) is 1. The van der Waals surface area contributed by atoms with Crippen LogP contribution in [0.4, 0.5) is 4.39 Å². The summed E-state index contributed by atoms with van der Waals surface area (Å²) < 4.78 is 17.5. The van der Waals surface area contributed by atoms with Crippen LogP contribution in [0.2, 0.25) is 0 Å². The maximum atomic E-state index is 12.4. The predicted molar refractivity (Wildman–Crippen MR) is 47.2 cm³/mol. The zero-order valence-corrected chi connectivity index (χ0v) is 7.42. The van der Waals surface area contributed by atoms with E-state index in [-0.39, 0.29) is 18.2 Å². The van der Waals surface area contributed by atoms with Gasteiger partial charge in [-0.25, -0.2) is 4.39 Å². The highest BCUT2D eigenvalue weighted by Crippen LogP contribution is 2.10. The maximum absolute atomic E-state index is 12.4. The first-order valence-electron chi connectivity index (χ1n) is 4.12. The summed E-state index contributed by atoms with van der Waals surface area (Å²) in [6.45, 7) is 1.83. The lowest BCUT2D eigenvalue weighted by molar-refractivity contribution is -0.120. The van der Waals surface area contributed by atoms with Crippen molar-refractivity contribution in [2.24, 2.45) is 0 Å². The van der Waals surface area contributed by atoms with E-state index >= 15 is 0 Å². The number of rotatable bonds is 4. The molecule has 0 heterocycles. The van der Waals surface area contributed by atoms with Gasteiger partial charge in [-0.1, -0.05) is 6.92 Å². The van der Waals surface area contributed by atoms with Crippen molar-refractivity contribution in [3.05, 3.63) is 30.1 Å². The summed E-state index contributed by atoms with van der Waals surface area (Å²) in [6.07, 6.45) is 0.460. The van der Waals surface area contributed by atoms with Crippen molar-refractivity contribution in [2.45, 2.75) is 13.3 Å². The summed E-state index contributed by atoms with van der Waals surface area (Å²) in [4.78, 5) is 10.9. The fourth-order valence-corrected chi connectivity index (χ4v) is 0.797. The number of benzene rings is 1. The highest BCUT2D eigenvalue weighted by atomic mass is 19.1. The minimum Gasteiger partial charge on any atom is -0.486 e. The monoisotopic (exact) mass is 182 g/mol. The Kier molecular flexibility index (Phi) is 3.43. The zero-order valence-electron chi connectivity index (χ0n) is 7.42. The molecule has 0 saturated heterocycles. The average molecular weight is 182 g/mol. The first-order chi connectivity index (χ1) is 6.22. The largest absolute Gasteiger partial charge is 0.486 e. The van der Waals surface area contributed by atoms with Gasteiger partial charge in [-0.2, -0.15) is 0 Å². The van der Waals surface area contributed by atoms with Crippen LogP contribution in [0.3, 0.4) is 0 Å². The van der Waals surface area contributed by atoms with E-state index in [0.29, 0.717) is 12.2 Å². The third kappa shape index (κ3) is 3.23. The van der Waals surface area contributed by atoms with E-state index in [2.05, 4.69) is 0 Å². The topological polar surface area (TPSA) is 26.3 Å². The SMILES string of the molecule is CCC(=O)COc1ccc(F)cc1. The van der Waals surface area contributed by atoms with Crippen LogP contribution >= 0.6 is 0 Å². The van der Waals surface area contributed by atoms with Gasteiger partial charge in [-0.3, -0.25) is 4.79 Å². The highest BCUT2D eigenvalue weighted by molar-refractivity contribution is 5.79. The summed E-state index contributed by atoms with van der Waals surface area (Å²) in [6, 6.07) is 5.59. The van der Waals surface area contributed by atoms with E-state index in [1.807, 2.05) is 0 Å². The smallest absolute Gasteiger partial charge is 0.169 e. The predicted octanol–water partition coefficient (Wildman–Crippen LogP) is 2.18. The molecule has 0 radical (unpaired) electrons. The van der Waals surface area contributed by atoms with Crippen LogP contribution in [-0.4, -0.2) is 12.4 Å². The van der Waals surface area contributed by atoms with Gasteiger partial charge in [-0.05, 0) is 24.3 Å². The van der Waals surface area contributed by atoms with Crippen molar-refractivity contribution in [3.63, 3.8) is 0 Å². The summed E-state index contributed by atoms with van der Waals surface area (Å²) in [5.74, 6) is 0.238. The van der Waals surface area contributed by atoms with Gasteiger partial charge >= 0.3 is 0 Å². The molecule has 0 bridgehead atoms. The Bertz CT molecular complexity index is 279. The molecule has 13 heavy (non-hydrogen) atoms. The standard InChI is InChI=1S/C10H11FO2/c1-2-9(12)7-13-10-5-3-8(11)4-6-10/h3-6H,2,7H2,1H3. The number of hydrogen-bond acceptors (Lipinski definition) is 2. The summed E-state index contributed by atoms with van der Waals surface area (Å²) in [7, 11) is 0. The van der Waals surface area contributed by atoms with E-state index in [1.165, 1.54) is 24.3 Å². The third-order valence-electron chi connectivity index (χ3n) is 1.61. The lowest BCUT2D eigenvalue weighted by Crippen LogP contribution is -2.09. The molecule has 0 unspecified atom stereocenters. The molecule has 2 nitrogen and oxygen atoms in total. The molecule has 0 atom stereocenters. The van der Waals surface area contributed by atoms with Crippen molar-refractivity contribution in [1.82, 2.24) is 0 Å². The van der Waals surface area contributed by atoms with E-state index in [0.717, 1.165) is 0 Å². The minimum absolute atomic E-state index is 0.0318. The lowest BCUT2D eigenvalue weighted by Gasteiger charge is -2.03. The molecule has 0 spiro atoms. The molecular formula is C10H11FO2. The summed E-state index contributed by atoms with van der Waals surface area (Å²) in [5, 5.41) is 0. The maximum Gasteiger partial charge on any atom is 0.169 e. The van der Waals surface area contributed by atoms with Gasteiger partial charge in [-0.15, -0.1) is 0 Å². The Morgan fingerprint density at radius 2 is 2.00 bits per heavy atom. The Morgan fingerprint density at radius 1 is 1.38 bits per heavy atom. The van der Waals surface area contributed by atoms with Crippen molar-refractivity contribution >= 4 is 5.78 Å². The van der Waals surface area contributed by atoms with Crippen LogP contribution in [-0.2, 0) is 4.79 Å². The van der Waals surface area contributed by atoms with Gasteiger partial charge in [0.2, 0.25) is 0 Å². The van der Waals surface area contributed by atoms with Gasteiger partial charge < -0.3 is 4.74 Å². The van der Waals surface area contributed by atoms with Gasteiger partial charge in [0.05, 0.1) is 0 Å². The molecule has 0 aliphatic rings. The molecule has 0 aromatic heterocycles. The Labute approximate surface area is 76.3 Å². The second kappa shape index (κ2) is 4.60. The second-order valence-electron chi connectivity index (χ2n) is 2.63.